The van der Waals surface area contributed by atoms with Crippen LogP contribution >= 0.6 is 0 Å². The van der Waals surface area contributed by atoms with Gasteiger partial charge < -0.3 is 5.32 Å². The maximum absolute atomic E-state index is 4.41. The predicted octanol–water partition coefficient (Wildman–Crippen LogP) is 5.10. The summed E-state index contributed by atoms with van der Waals surface area (Å²) in [6.45, 7) is 7.94. The maximum Gasteiger partial charge on any atom is 0.0702 e. The largest absolute Gasteiger partial charge is 0.310 e. The summed E-state index contributed by atoms with van der Waals surface area (Å²) in [6.07, 6.45) is 6.81. The first-order valence-electron chi connectivity index (χ1n) is 8.32. The van der Waals surface area contributed by atoms with Gasteiger partial charge in [0, 0.05) is 17.6 Å². The van der Waals surface area contributed by atoms with Crippen LogP contribution in [0.1, 0.15) is 58.1 Å². The van der Waals surface area contributed by atoms with E-state index in [1.807, 2.05) is 12.3 Å². The number of nitrogens with zero attached hydrogens (tertiary/aromatic N) is 1. The van der Waals surface area contributed by atoms with Crippen LogP contribution in [0.5, 0.6) is 0 Å². The van der Waals surface area contributed by atoms with E-state index in [2.05, 4.69) is 55.3 Å². The molecule has 0 amide bonds. The highest BCUT2D eigenvalue weighted by Gasteiger charge is 2.14. The Morgan fingerprint density at radius 2 is 2.00 bits per heavy atom. The van der Waals surface area contributed by atoms with Gasteiger partial charge in [0.2, 0.25) is 0 Å². The molecule has 2 heteroatoms. The molecule has 0 aliphatic rings. The fraction of sp³-hybridized carbons (Fsp3) is 0.526. The molecule has 21 heavy (non-hydrogen) atoms. The molecule has 0 fully saturated rings. The first-order valence-corrected chi connectivity index (χ1v) is 8.32. The molecule has 0 spiro atoms. The van der Waals surface area contributed by atoms with E-state index in [9.17, 15) is 0 Å². The van der Waals surface area contributed by atoms with Crippen LogP contribution in [0, 0.1) is 5.92 Å². The number of nitrogens with one attached hydrogen (secondary N) is 1. The molecule has 0 aliphatic heterocycles. The zero-order chi connectivity index (χ0) is 15.1. The second-order valence-corrected chi connectivity index (χ2v) is 6.09. The van der Waals surface area contributed by atoms with Crippen molar-refractivity contribution in [3.05, 3.63) is 42.1 Å². The van der Waals surface area contributed by atoms with Crippen LogP contribution in [-0.4, -0.2) is 11.5 Å². The first kappa shape index (κ1) is 16.0. The zero-order valence-corrected chi connectivity index (χ0v) is 13.6. The lowest BCUT2D eigenvalue weighted by Gasteiger charge is -2.23. The van der Waals surface area contributed by atoms with Crippen LogP contribution in [0.4, 0.5) is 0 Å². The van der Waals surface area contributed by atoms with Crippen molar-refractivity contribution in [1.29, 1.82) is 0 Å². The number of fused-ring (bicyclic) bond motifs is 1. The number of benzene rings is 1. The summed E-state index contributed by atoms with van der Waals surface area (Å²) in [5.41, 5.74) is 2.48. The van der Waals surface area contributed by atoms with Gasteiger partial charge in [0.25, 0.3) is 0 Å². The molecule has 114 valence electrons. The quantitative estimate of drug-likeness (QED) is 0.729. The monoisotopic (exact) mass is 284 g/mol. The van der Waals surface area contributed by atoms with Gasteiger partial charge in [-0.15, -0.1) is 0 Å². The first-order chi connectivity index (χ1) is 10.2. The van der Waals surface area contributed by atoms with Gasteiger partial charge >= 0.3 is 0 Å². The average molecular weight is 284 g/mol. The third-order valence-corrected chi connectivity index (χ3v) is 4.09. The van der Waals surface area contributed by atoms with Crippen molar-refractivity contribution in [1.82, 2.24) is 10.3 Å². The smallest absolute Gasteiger partial charge is 0.0702 e. The van der Waals surface area contributed by atoms with Gasteiger partial charge in [-0.3, -0.25) is 4.98 Å². The predicted molar refractivity (Wildman–Crippen MR) is 91.5 cm³/mol. The minimum Gasteiger partial charge on any atom is -0.310 e. The van der Waals surface area contributed by atoms with Crippen molar-refractivity contribution in [2.75, 3.05) is 6.54 Å². The number of hydrogen-bond donors (Lipinski definition) is 1. The second kappa shape index (κ2) is 8.14. The van der Waals surface area contributed by atoms with E-state index in [0.717, 1.165) is 18.0 Å². The van der Waals surface area contributed by atoms with Crippen molar-refractivity contribution >= 4 is 10.9 Å². The Kier molecular flexibility index (Phi) is 6.19. The Morgan fingerprint density at radius 3 is 2.76 bits per heavy atom. The summed E-state index contributed by atoms with van der Waals surface area (Å²) in [5, 5.41) is 4.96. The Balaban J connectivity index is 2.20. The van der Waals surface area contributed by atoms with Crippen molar-refractivity contribution in [2.24, 2.45) is 5.92 Å². The van der Waals surface area contributed by atoms with Gasteiger partial charge in [-0.25, -0.2) is 0 Å². The van der Waals surface area contributed by atoms with E-state index >= 15 is 0 Å². The van der Waals surface area contributed by atoms with Gasteiger partial charge in [-0.1, -0.05) is 45.7 Å². The maximum atomic E-state index is 4.41. The fourth-order valence-corrected chi connectivity index (χ4v) is 2.98. The molecule has 0 radical (unpaired) electrons. The van der Waals surface area contributed by atoms with Crippen LogP contribution in [0.15, 0.2) is 36.5 Å². The van der Waals surface area contributed by atoms with Gasteiger partial charge in [0.05, 0.1) is 5.52 Å². The average Bonchev–Trinajstić information content (AvgIpc) is 2.51. The second-order valence-electron chi connectivity index (χ2n) is 6.09. The molecule has 2 aromatic rings. The summed E-state index contributed by atoms with van der Waals surface area (Å²) in [4.78, 5) is 4.41. The highest BCUT2D eigenvalue weighted by Crippen LogP contribution is 2.26. The van der Waals surface area contributed by atoms with Crippen LogP contribution < -0.4 is 5.32 Å². The molecule has 2 atom stereocenters. The van der Waals surface area contributed by atoms with Crippen molar-refractivity contribution in [2.45, 2.75) is 52.5 Å². The Labute approximate surface area is 129 Å². The molecule has 0 aliphatic carbocycles. The molecule has 1 heterocycles. The Bertz CT molecular complexity index is 550. The standard InChI is InChI=1S/C19H28N2/c1-4-7-15(3)13-19(20-11-5-2)17-9-10-18-16(14-17)8-6-12-21-18/h6,8-10,12,14-15,19-20H,4-5,7,11,13H2,1-3H3. The highest BCUT2D eigenvalue weighted by atomic mass is 14.9. The Hall–Kier alpha value is -1.41. The molecule has 0 saturated heterocycles. The number of rotatable bonds is 8. The van der Waals surface area contributed by atoms with Crippen LogP contribution in [0.3, 0.4) is 0 Å². The summed E-state index contributed by atoms with van der Waals surface area (Å²) in [7, 11) is 0. The van der Waals surface area contributed by atoms with Crippen molar-refractivity contribution in [3.8, 4) is 0 Å². The van der Waals surface area contributed by atoms with Crippen LogP contribution in [-0.2, 0) is 0 Å². The number of pyridine rings is 1. The molecule has 0 bridgehead atoms. The van der Waals surface area contributed by atoms with Crippen molar-refractivity contribution in [3.63, 3.8) is 0 Å². The van der Waals surface area contributed by atoms with Gasteiger partial charge in [0.1, 0.15) is 0 Å². The molecular weight excluding hydrogens is 256 g/mol. The fourth-order valence-electron chi connectivity index (χ4n) is 2.98. The normalized spacial score (nSPS) is 14.2. The van der Waals surface area contributed by atoms with E-state index in [4.69, 9.17) is 0 Å². The molecule has 1 aromatic carbocycles. The van der Waals surface area contributed by atoms with E-state index < -0.39 is 0 Å². The third-order valence-electron chi connectivity index (χ3n) is 4.09. The number of hydrogen-bond acceptors (Lipinski definition) is 2. The summed E-state index contributed by atoms with van der Waals surface area (Å²) in [5.74, 6) is 0.758. The molecule has 1 aromatic heterocycles. The summed E-state index contributed by atoms with van der Waals surface area (Å²) < 4.78 is 0. The van der Waals surface area contributed by atoms with E-state index in [-0.39, 0.29) is 0 Å². The van der Waals surface area contributed by atoms with Crippen LogP contribution in [0.2, 0.25) is 0 Å². The molecule has 1 N–H and O–H groups in total. The molecular formula is C19H28N2. The topological polar surface area (TPSA) is 24.9 Å². The SMILES string of the molecule is CCCNC(CC(C)CCC)c1ccc2ncccc2c1. The molecule has 0 saturated carbocycles. The third kappa shape index (κ3) is 4.53. The Morgan fingerprint density at radius 1 is 1.14 bits per heavy atom. The number of aromatic nitrogens is 1. The lowest BCUT2D eigenvalue weighted by atomic mass is 9.92. The minimum absolute atomic E-state index is 0.455. The van der Waals surface area contributed by atoms with E-state index in [0.29, 0.717) is 6.04 Å². The van der Waals surface area contributed by atoms with Gasteiger partial charge in [-0.05, 0) is 49.1 Å². The van der Waals surface area contributed by atoms with Gasteiger partial charge in [0.15, 0.2) is 0 Å². The molecule has 2 rings (SSSR count). The lowest BCUT2D eigenvalue weighted by Crippen LogP contribution is -2.24. The zero-order valence-electron chi connectivity index (χ0n) is 13.6. The minimum atomic E-state index is 0.455. The van der Waals surface area contributed by atoms with Crippen molar-refractivity contribution < 1.29 is 0 Å². The lowest BCUT2D eigenvalue weighted by molar-refractivity contribution is 0.390. The molecule has 2 nitrogen and oxygen atoms in total. The molecule has 2 unspecified atom stereocenters. The van der Waals surface area contributed by atoms with E-state index in [1.54, 1.807) is 0 Å². The summed E-state index contributed by atoms with van der Waals surface area (Å²) >= 11 is 0. The van der Waals surface area contributed by atoms with Gasteiger partial charge in [-0.2, -0.15) is 0 Å². The summed E-state index contributed by atoms with van der Waals surface area (Å²) in [6, 6.07) is 11.3. The van der Waals surface area contributed by atoms with E-state index in [1.165, 1.54) is 36.6 Å². The highest BCUT2D eigenvalue weighted by molar-refractivity contribution is 5.79. The van der Waals surface area contributed by atoms with Crippen LogP contribution in [0.25, 0.3) is 10.9 Å².